The lowest BCUT2D eigenvalue weighted by atomic mass is 10.2. The Kier molecular flexibility index (Phi) is 5.77. The van der Waals surface area contributed by atoms with Crippen LogP contribution >= 0.6 is 22.6 Å². The summed E-state index contributed by atoms with van der Waals surface area (Å²) in [7, 11) is 1.63. The highest BCUT2D eigenvalue weighted by molar-refractivity contribution is 14.1. The van der Waals surface area contributed by atoms with Crippen molar-refractivity contribution in [2.75, 3.05) is 13.7 Å². The van der Waals surface area contributed by atoms with Crippen LogP contribution in [-0.4, -0.2) is 20.0 Å². The molecule has 0 N–H and O–H groups in total. The Morgan fingerprint density at radius 1 is 1.41 bits per heavy atom. The second-order valence-corrected chi connectivity index (χ2v) is 4.53. The summed E-state index contributed by atoms with van der Waals surface area (Å²) >= 11 is 2.22. The summed E-state index contributed by atoms with van der Waals surface area (Å²) in [6.07, 6.45) is 1.49. The first-order valence-electron chi connectivity index (χ1n) is 5.40. The van der Waals surface area contributed by atoms with E-state index in [0.29, 0.717) is 6.61 Å². The summed E-state index contributed by atoms with van der Waals surface area (Å²) in [5.41, 5.74) is 0.952. The van der Waals surface area contributed by atoms with Crippen LogP contribution < -0.4 is 9.47 Å². The van der Waals surface area contributed by atoms with E-state index in [0.717, 1.165) is 20.6 Å². The SMILES string of the molecule is C=Cc1cc(I)c(OC(C)OCC)cc1OC. The highest BCUT2D eigenvalue weighted by atomic mass is 127. The number of methoxy groups -OCH3 is 1. The molecule has 0 heterocycles. The predicted molar refractivity (Wildman–Crippen MR) is 77.5 cm³/mol. The van der Waals surface area contributed by atoms with Crippen molar-refractivity contribution in [3.05, 3.63) is 27.8 Å². The number of hydrogen-bond donors (Lipinski definition) is 0. The van der Waals surface area contributed by atoms with Gasteiger partial charge in [0.05, 0.1) is 10.7 Å². The van der Waals surface area contributed by atoms with Crippen molar-refractivity contribution < 1.29 is 14.2 Å². The molecule has 1 aromatic carbocycles. The van der Waals surface area contributed by atoms with E-state index in [1.165, 1.54) is 0 Å². The molecule has 0 aliphatic heterocycles. The van der Waals surface area contributed by atoms with Crippen LogP contribution in [0.2, 0.25) is 0 Å². The molecule has 0 aliphatic carbocycles. The lowest BCUT2D eigenvalue weighted by Crippen LogP contribution is -2.16. The standard InChI is InChI=1S/C13H17IO3/c1-5-10-7-11(14)13(8-12(10)15-4)17-9(3)16-6-2/h5,7-9H,1,6H2,2-4H3. The van der Waals surface area contributed by atoms with Gasteiger partial charge in [0, 0.05) is 18.2 Å². The molecule has 17 heavy (non-hydrogen) atoms. The summed E-state index contributed by atoms with van der Waals surface area (Å²) < 4.78 is 17.3. The average Bonchev–Trinajstić information content (AvgIpc) is 2.31. The third-order valence-corrected chi connectivity index (χ3v) is 3.04. The fraction of sp³-hybridized carbons (Fsp3) is 0.385. The third-order valence-electron chi connectivity index (χ3n) is 2.20. The fourth-order valence-electron chi connectivity index (χ4n) is 1.42. The van der Waals surface area contributed by atoms with E-state index in [2.05, 4.69) is 29.2 Å². The molecule has 4 heteroatoms. The van der Waals surface area contributed by atoms with E-state index in [-0.39, 0.29) is 6.29 Å². The summed E-state index contributed by atoms with van der Waals surface area (Å²) in [4.78, 5) is 0. The molecule has 0 aliphatic rings. The van der Waals surface area contributed by atoms with Gasteiger partial charge in [0.25, 0.3) is 0 Å². The maximum absolute atomic E-state index is 5.68. The molecule has 1 aromatic rings. The van der Waals surface area contributed by atoms with Gasteiger partial charge in [-0.05, 0) is 42.5 Å². The van der Waals surface area contributed by atoms with Crippen LogP contribution in [0.15, 0.2) is 18.7 Å². The first-order chi connectivity index (χ1) is 8.12. The molecule has 1 atom stereocenters. The molecule has 0 fully saturated rings. The van der Waals surface area contributed by atoms with Crippen molar-refractivity contribution in [3.8, 4) is 11.5 Å². The minimum Gasteiger partial charge on any atom is -0.496 e. The highest BCUT2D eigenvalue weighted by Gasteiger charge is 2.11. The number of rotatable bonds is 6. The van der Waals surface area contributed by atoms with Gasteiger partial charge in [0.1, 0.15) is 11.5 Å². The predicted octanol–water partition coefficient (Wildman–Crippen LogP) is 3.70. The van der Waals surface area contributed by atoms with Gasteiger partial charge in [-0.15, -0.1) is 0 Å². The van der Waals surface area contributed by atoms with E-state index in [4.69, 9.17) is 14.2 Å². The monoisotopic (exact) mass is 348 g/mol. The van der Waals surface area contributed by atoms with Gasteiger partial charge in [-0.1, -0.05) is 12.7 Å². The van der Waals surface area contributed by atoms with Gasteiger partial charge in [-0.3, -0.25) is 0 Å². The number of ether oxygens (including phenoxy) is 3. The normalized spacial score (nSPS) is 12.0. The largest absolute Gasteiger partial charge is 0.496 e. The Balaban J connectivity index is 2.96. The van der Waals surface area contributed by atoms with Crippen molar-refractivity contribution in [1.82, 2.24) is 0 Å². The van der Waals surface area contributed by atoms with Crippen molar-refractivity contribution in [2.45, 2.75) is 20.1 Å². The molecule has 0 amide bonds. The molecular weight excluding hydrogens is 331 g/mol. The number of halogens is 1. The lowest BCUT2D eigenvalue weighted by Gasteiger charge is -2.17. The molecule has 0 saturated carbocycles. The maximum Gasteiger partial charge on any atom is 0.197 e. The second kappa shape index (κ2) is 6.86. The van der Waals surface area contributed by atoms with Gasteiger partial charge in [-0.25, -0.2) is 0 Å². The van der Waals surface area contributed by atoms with Gasteiger partial charge in [-0.2, -0.15) is 0 Å². The third kappa shape index (κ3) is 3.89. The maximum atomic E-state index is 5.68. The van der Waals surface area contributed by atoms with Crippen molar-refractivity contribution in [1.29, 1.82) is 0 Å². The van der Waals surface area contributed by atoms with Gasteiger partial charge >= 0.3 is 0 Å². The first-order valence-corrected chi connectivity index (χ1v) is 6.48. The van der Waals surface area contributed by atoms with E-state index >= 15 is 0 Å². The summed E-state index contributed by atoms with van der Waals surface area (Å²) in [6.45, 7) is 8.18. The Hall–Kier alpha value is -0.750. The van der Waals surface area contributed by atoms with Crippen LogP contribution in [0, 0.1) is 3.57 Å². The van der Waals surface area contributed by atoms with Crippen molar-refractivity contribution in [3.63, 3.8) is 0 Å². The zero-order chi connectivity index (χ0) is 12.8. The zero-order valence-electron chi connectivity index (χ0n) is 10.3. The van der Waals surface area contributed by atoms with Crippen LogP contribution in [0.1, 0.15) is 19.4 Å². The number of hydrogen-bond acceptors (Lipinski definition) is 3. The average molecular weight is 348 g/mol. The second-order valence-electron chi connectivity index (χ2n) is 3.37. The summed E-state index contributed by atoms with van der Waals surface area (Å²) in [6, 6.07) is 3.83. The summed E-state index contributed by atoms with van der Waals surface area (Å²) in [5, 5.41) is 0. The molecule has 3 nitrogen and oxygen atoms in total. The molecule has 0 aromatic heterocycles. The fourth-order valence-corrected chi connectivity index (χ4v) is 2.04. The van der Waals surface area contributed by atoms with Crippen LogP contribution in [0.25, 0.3) is 6.08 Å². The molecule has 1 unspecified atom stereocenters. The molecule has 0 bridgehead atoms. The number of benzene rings is 1. The van der Waals surface area contributed by atoms with E-state index in [9.17, 15) is 0 Å². The van der Waals surface area contributed by atoms with Gasteiger partial charge in [0.2, 0.25) is 0 Å². The van der Waals surface area contributed by atoms with E-state index in [1.54, 1.807) is 13.2 Å². The van der Waals surface area contributed by atoms with Gasteiger partial charge in [0.15, 0.2) is 6.29 Å². The van der Waals surface area contributed by atoms with Gasteiger partial charge < -0.3 is 14.2 Å². The van der Waals surface area contributed by atoms with Crippen LogP contribution in [0.4, 0.5) is 0 Å². The Morgan fingerprint density at radius 2 is 2.12 bits per heavy atom. The summed E-state index contributed by atoms with van der Waals surface area (Å²) in [5.74, 6) is 1.51. The molecule has 0 saturated heterocycles. The minimum atomic E-state index is -0.271. The highest BCUT2D eigenvalue weighted by Crippen LogP contribution is 2.31. The molecular formula is C13H17IO3. The smallest absolute Gasteiger partial charge is 0.197 e. The first kappa shape index (κ1) is 14.3. The van der Waals surface area contributed by atoms with Crippen LogP contribution in [0.5, 0.6) is 11.5 Å². The zero-order valence-corrected chi connectivity index (χ0v) is 12.5. The molecule has 0 radical (unpaired) electrons. The molecule has 0 spiro atoms. The quantitative estimate of drug-likeness (QED) is 0.580. The Labute approximate surface area is 116 Å². The van der Waals surface area contributed by atoms with Crippen molar-refractivity contribution in [2.24, 2.45) is 0 Å². The lowest BCUT2D eigenvalue weighted by molar-refractivity contribution is -0.0618. The van der Waals surface area contributed by atoms with Crippen LogP contribution in [0.3, 0.4) is 0 Å². The molecule has 94 valence electrons. The topological polar surface area (TPSA) is 27.7 Å². The van der Waals surface area contributed by atoms with E-state index in [1.807, 2.05) is 26.0 Å². The van der Waals surface area contributed by atoms with Crippen LogP contribution in [-0.2, 0) is 4.74 Å². The molecule has 1 rings (SSSR count). The Bertz CT molecular complexity index is 390. The Morgan fingerprint density at radius 3 is 2.65 bits per heavy atom. The van der Waals surface area contributed by atoms with Crippen molar-refractivity contribution >= 4 is 28.7 Å². The minimum absolute atomic E-state index is 0.271. The van der Waals surface area contributed by atoms with E-state index < -0.39 is 0 Å².